The van der Waals surface area contributed by atoms with E-state index in [1.165, 1.54) is 32.1 Å². The van der Waals surface area contributed by atoms with Gasteiger partial charge < -0.3 is 4.74 Å². The molecule has 0 aromatic heterocycles. The molecule has 14 heavy (non-hydrogen) atoms. The zero-order valence-electron chi connectivity index (χ0n) is 9.10. The van der Waals surface area contributed by atoms with E-state index in [9.17, 15) is 0 Å². The number of alkyl halides is 1. The molecule has 0 aromatic carbocycles. The van der Waals surface area contributed by atoms with Crippen LogP contribution in [0.1, 0.15) is 51.9 Å². The summed E-state index contributed by atoms with van der Waals surface area (Å²) < 4.78 is 5.99. The molecule has 1 aliphatic carbocycles. The lowest BCUT2D eigenvalue weighted by Gasteiger charge is -2.44. The van der Waals surface area contributed by atoms with Gasteiger partial charge in [0.15, 0.2) is 0 Å². The van der Waals surface area contributed by atoms with Gasteiger partial charge in [-0.2, -0.15) is 0 Å². The van der Waals surface area contributed by atoms with Crippen molar-refractivity contribution in [3.63, 3.8) is 0 Å². The van der Waals surface area contributed by atoms with Crippen LogP contribution in [-0.2, 0) is 4.74 Å². The fourth-order valence-corrected chi connectivity index (χ4v) is 3.30. The van der Waals surface area contributed by atoms with E-state index in [0.717, 1.165) is 25.4 Å². The predicted octanol–water partition coefficient (Wildman–Crippen LogP) is 3.74. The molecule has 1 saturated carbocycles. The Morgan fingerprint density at radius 2 is 2.00 bits per heavy atom. The second-order valence-corrected chi connectivity index (χ2v) is 5.59. The molecule has 1 nitrogen and oxygen atoms in total. The minimum Gasteiger partial charge on any atom is -0.375 e. The molecule has 0 amide bonds. The Hall–Kier alpha value is 0.250. The van der Waals surface area contributed by atoms with E-state index < -0.39 is 0 Å². The molecule has 1 unspecified atom stereocenters. The van der Waals surface area contributed by atoms with Crippen LogP contribution in [0.15, 0.2) is 0 Å². The number of hydrogen-bond donors (Lipinski definition) is 0. The Morgan fingerprint density at radius 1 is 1.29 bits per heavy atom. The molecule has 0 radical (unpaired) electrons. The van der Waals surface area contributed by atoms with Crippen LogP contribution in [0.5, 0.6) is 0 Å². The SMILES string of the molecule is CCC1CCC2(CC1)CC(Cl)CCO2. The van der Waals surface area contributed by atoms with Gasteiger partial charge in [-0.05, 0) is 44.4 Å². The van der Waals surface area contributed by atoms with E-state index in [-0.39, 0.29) is 5.60 Å². The van der Waals surface area contributed by atoms with Gasteiger partial charge in [-0.1, -0.05) is 13.3 Å². The molecule has 1 aliphatic heterocycles. The first-order chi connectivity index (χ1) is 6.74. The summed E-state index contributed by atoms with van der Waals surface area (Å²) >= 11 is 6.23. The van der Waals surface area contributed by atoms with Crippen LogP contribution in [0.4, 0.5) is 0 Å². The van der Waals surface area contributed by atoms with Crippen molar-refractivity contribution < 1.29 is 4.74 Å². The van der Waals surface area contributed by atoms with E-state index in [0.29, 0.717) is 5.38 Å². The van der Waals surface area contributed by atoms with Gasteiger partial charge in [-0.25, -0.2) is 0 Å². The molecule has 1 saturated heterocycles. The van der Waals surface area contributed by atoms with Crippen LogP contribution in [0.2, 0.25) is 0 Å². The predicted molar refractivity (Wildman–Crippen MR) is 59.8 cm³/mol. The molecular weight excluding hydrogens is 196 g/mol. The Bertz CT molecular complexity index is 185. The minimum atomic E-state index is 0.177. The van der Waals surface area contributed by atoms with Gasteiger partial charge in [0.05, 0.1) is 5.60 Å². The van der Waals surface area contributed by atoms with Crippen LogP contribution >= 0.6 is 11.6 Å². The van der Waals surface area contributed by atoms with E-state index >= 15 is 0 Å². The number of rotatable bonds is 1. The zero-order valence-corrected chi connectivity index (χ0v) is 9.85. The molecule has 0 N–H and O–H groups in total. The lowest BCUT2D eigenvalue weighted by Crippen LogP contribution is -2.43. The van der Waals surface area contributed by atoms with Crippen molar-refractivity contribution in [2.24, 2.45) is 5.92 Å². The van der Waals surface area contributed by atoms with Crippen LogP contribution in [0.25, 0.3) is 0 Å². The Labute approximate surface area is 92.2 Å². The number of hydrogen-bond acceptors (Lipinski definition) is 1. The van der Waals surface area contributed by atoms with Crippen molar-refractivity contribution in [3.8, 4) is 0 Å². The summed E-state index contributed by atoms with van der Waals surface area (Å²) in [6.07, 6.45) is 8.65. The highest BCUT2D eigenvalue weighted by Crippen LogP contribution is 2.42. The van der Waals surface area contributed by atoms with Gasteiger partial charge in [0, 0.05) is 12.0 Å². The van der Waals surface area contributed by atoms with Crippen molar-refractivity contribution in [2.45, 2.75) is 62.8 Å². The lowest BCUT2D eigenvalue weighted by atomic mass is 9.74. The molecule has 2 aliphatic rings. The van der Waals surface area contributed by atoms with Crippen LogP contribution in [0.3, 0.4) is 0 Å². The topological polar surface area (TPSA) is 9.23 Å². The average Bonchev–Trinajstić information content (AvgIpc) is 2.19. The van der Waals surface area contributed by atoms with Gasteiger partial charge in [-0.15, -0.1) is 11.6 Å². The molecule has 2 fully saturated rings. The number of ether oxygens (including phenoxy) is 1. The molecule has 2 rings (SSSR count). The third kappa shape index (κ3) is 2.25. The third-order valence-electron chi connectivity index (χ3n) is 4.03. The largest absolute Gasteiger partial charge is 0.375 e. The summed E-state index contributed by atoms with van der Waals surface area (Å²) in [6, 6.07) is 0. The first kappa shape index (κ1) is 10.8. The standard InChI is InChI=1S/C12H21ClO/c1-2-10-3-6-12(7-4-10)9-11(13)5-8-14-12/h10-11H,2-9H2,1H3. The highest BCUT2D eigenvalue weighted by molar-refractivity contribution is 6.20. The first-order valence-electron chi connectivity index (χ1n) is 6.02. The van der Waals surface area contributed by atoms with Gasteiger partial charge in [0.25, 0.3) is 0 Å². The van der Waals surface area contributed by atoms with Gasteiger partial charge >= 0.3 is 0 Å². The maximum absolute atomic E-state index is 6.23. The van der Waals surface area contributed by atoms with Crippen molar-refractivity contribution in [1.82, 2.24) is 0 Å². The maximum Gasteiger partial charge on any atom is 0.0696 e. The van der Waals surface area contributed by atoms with Crippen LogP contribution in [0, 0.1) is 5.92 Å². The second-order valence-electron chi connectivity index (χ2n) is 4.97. The summed E-state index contributed by atoms with van der Waals surface area (Å²) in [6.45, 7) is 3.18. The molecule has 1 spiro atoms. The van der Waals surface area contributed by atoms with Crippen molar-refractivity contribution in [2.75, 3.05) is 6.61 Å². The van der Waals surface area contributed by atoms with Gasteiger partial charge in [-0.3, -0.25) is 0 Å². The molecule has 1 atom stereocenters. The zero-order chi connectivity index (χ0) is 10.0. The molecule has 0 aromatic rings. The molecule has 0 bridgehead atoms. The Kier molecular flexibility index (Phi) is 3.38. The Morgan fingerprint density at radius 3 is 2.57 bits per heavy atom. The maximum atomic E-state index is 6.23. The average molecular weight is 217 g/mol. The monoisotopic (exact) mass is 216 g/mol. The van der Waals surface area contributed by atoms with E-state index in [1.54, 1.807) is 0 Å². The fraction of sp³-hybridized carbons (Fsp3) is 1.00. The summed E-state index contributed by atoms with van der Waals surface area (Å²) in [4.78, 5) is 0. The number of halogens is 1. The molecule has 1 heterocycles. The minimum absolute atomic E-state index is 0.177. The van der Waals surface area contributed by atoms with E-state index in [4.69, 9.17) is 16.3 Å². The Balaban J connectivity index is 1.91. The first-order valence-corrected chi connectivity index (χ1v) is 6.46. The van der Waals surface area contributed by atoms with Crippen molar-refractivity contribution in [3.05, 3.63) is 0 Å². The highest BCUT2D eigenvalue weighted by atomic mass is 35.5. The third-order valence-corrected chi connectivity index (χ3v) is 4.40. The van der Waals surface area contributed by atoms with Crippen LogP contribution < -0.4 is 0 Å². The van der Waals surface area contributed by atoms with Gasteiger partial charge in [0.1, 0.15) is 0 Å². The lowest BCUT2D eigenvalue weighted by molar-refractivity contribution is -0.105. The fourth-order valence-electron chi connectivity index (χ4n) is 2.93. The van der Waals surface area contributed by atoms with Crippen LogP contribution in [-0.4, -0.2) is 17.6 Å². The molecule has 2 heteroatoms. The van der Waals surface area contributed by atoms with E-state index in [2.05, 4.69) is 6.92 Å². The van der Waals surface area contributed by atoms with Crippen molar-refractivity contribution >= 4 is 11.6 Å². The summed E-state index contributed by atoms with van der Waals surface area (Å²) in [5, 5.41) is 0.363. The molecular formula is C12H21ClO. The molecule has 82 valence electrons. The van der Waals surface area contributed by atoms with Crippen molar-refractivity contribution in [1.29, 1.82) is 0 Å². The quantitative estimate of drug-likeness (QED) is 0.607. The second kappa shape index (κ2) is 4.40. The normalized spacial score (nSPS) is 44.1. The van der Waals surface area contributed by atoms with E-state index in [1.807, 2.05) is 0 Å². The summed E-state index contributed by atoms with van der Waals surface area (Å²) in [5.74, 6) is 0.944. The smallest absolute Gasteiger partial charge is 0.0696 e. The van der Waals surface area contributed by atoms with Gasteiger partial charge in [0.2, 0.25) is 0 Å². The summed E-state index contributed by atoms with van der Waals surface area (Å²) in [7, 11) is 0. The highest BCUT2D eigenvalue weighted by Gasteiger charge is 2.39. The summed E-state index contributed by atoms with van der Waals surface area (Å²) in [5.41, 5.74) is 0.177.